The topological polar surface area (TPSA) is 82.3 Å². The SMILES string of the molecule is CNCCCOc1ccc(Cl)c(-c2nc(-c3c(C)noc3C)c(C)c(C3CCOCC3)n2)c1. The number of halogens is 1. The van der Waals surface area contributed by atoms with E-state index >= 15 is 0 Å². The van der Waals surface area contributed by atoms with E-state index in [1.54, 1.807) is 0 Å². The fraction of sp³-hybridized carbons (Fsp3) is 0.480. The third kappa shape index (κ3) is 5.21. The Morgan fingerprint density at radius 1 is 1.15 bits per heavy atom. The van der Waals surface area contributed by atoms with Gasteiger partial charge in [-0.05, 0) is 77.4 Å². The van der Waals surface area contributed by atoms with Crippen LogP contribution in [0.15, 0.2) is 22.7 Å². The molecule has 0 amide bonds. The Hall–Kier alpha value is -2.48. The molecule has 0 atom stereocenters. The van der Waals surface area contributed by atoms with Crippen molar-refractivity contribution in [3.8, 4) is 28.4 Å². The van der Waals surface area contributed by atoms with Crippen LogP contribution >= 0.6 is 11.6 Å². The molecule has 1 aliphatic rings. The highest BCUT2D eigenvalue weighted by atomic mass is 35.5. The predicted molar refractivity (Wildman–Crippen MR) is 129 cm³/mol. The van der Waals surface area contributed by atoms with E-state index in [1.165, 1.54) is 0 Å². The fourth-order valence-electron chi connectivity index (χ4n) is 4.29. The van der Waals surface area contributed by atoms with Crippen LogP contribution in [0.3, 0.4) is 0 Å². The molecule has 1 aliphatic heterocycles. The Morgan fingerprint density at radius 3 is 2.64 bits per heavy atom. The molecule has 0 bridgehead atoms. The minimum atomic E-state index is 0.305. The number of hydrogen-bond acceptors (Lipinski definition) is 7. The lowest BCUT2D eigenvalue weighted by molar-refractivity contribution is 0.0844. The summed E-state index contributed by atoms with van der Waals surface area (Å²) in [6, 6.07) is 5.66. The van der Waals surface area contributed by atoms with Gasteiger partial charge in [-0.1, -0.05) is 16.8 Å². The second-order valence-corrected chi connectivity index (χ2v) is 8.85. The van der Waals surface area contributed by atoms with Crippen molar-refractivity contribution in [1.29, 1.82) is 0 Å². The van der Waals surface area contributed by atoms with Gasteiger partial charge in [-0.25, -0.2) is 9.97 Å². The lowest BCUT2D eigenvalue weighted by Gasteiger charge is -2.24. The number of nitrogens with one attached hydrogen (secondary N) is 1. The van der Waals surface area contributed by atoms with Crippen LogP contribution < -0.4 is 10.1 Å². The molecule has 2 aromatic heterocycles. The van der Waals surface area contributed by atoms with Gasteiger partial charge in [-0.3, -0.25) is 0 Å². The maximum atomic E-state index is 6.64. The molecule has 4 rings (SSSR count). The summed E-state index contributed by atoms with van der Waals surface area (Å²) >= 11 is 6.64. The molecule has 3 heterocycles. The molecular weight excluding hydrogens is 440 g/mol. The van der Waals surface area contributed by atoms with Gasteiger partial charge in [0.1, 0.15) is 11.5 Å². The summed E-state index contributed by atoms with van der Waals surface area (Å²) in [6.07, 6.45) is 2.78. The highest BCUT2D eigenvalue weighted by Gasteiger charge is 2.26. The summed E-state index contributed by atoms with van der Waals surface area (Å²) in [5, 5.41) is 7.87. The van der Waals surface area contributed by atoms with E-state index in [0.29, 0.717) is 23.4 Å². The van der Waals surface area contributed by atoms with E-state index in [-0.39, 0.29) is 0 Å². The van der Waals surface area contributed by atoms with E-state index in [0.717, 1.165) is 84.3 Å². The monoisotopic (exact) mass is 470 g/mol. The van der Waals surface area contributed by atoms with Crippen LogP contribution in [0.25, 0.3) is 22.6 Å². The van der Waals surface area contributed by atoms with Gasteiger partial charge in [-0.2, -0.15) is 0 Å². The number of nitrogens with zero attached hydrogens (tertiary/aromatic N) is 3. The smallest absolute Gasteiger partial charge is 0.161 e. The van der Waals surface area contributed by atoms with Crippen LogP contribution in [0.1, 0.15) is 47.9 Å². The van der Waals surface area contributed by atoms with Crippen molar-refractivity contribution >= 4 is 11.6 Å². The van der Waals surface area contributed by atoms with Crippen molar-refractivity contribution in [2.75, 3.05) is 33.4 Å². The normalized spacial score (nSPS) is 14.6. The van der Waals surface area contributed by atoms with Crippen molar-refractivity contribution in [2.45, 2.75) is 46.0 Å². The minimum Gasteiger partial charge on any atom is -0.494 e. The molecule has 0 unspecified atom stereocenters. The van der Waals surface area contributed by atoms with Crippen LogP contribution in [0, 0.1) is 20.8 Å². The molecule has 8 heteroatoms. The Labute approximate surface area is 199 Å². The number of ether oxygens (including phenoxy) is 2. The van der Waals surface area contributed by atoms with Crippen molar-refractivity contribution in [3.05, 3.63) is 45.9 Å². The first-order valence-electron chi connectivity index (χ1n) is 11.5. The largest absolute Gasteiger partial charge is 0.494 e. The van der Waals surface area contributed by atoms with Gasteiger partial charge < -0.3 is 19.3 Å². The number of aryl methyl sites for hydroxylation is 2. The Bertz CT molecular complexity index is 1090. The molecule has 3 aromatic rings. The van der Waals surface area contributed by atoms with Gasteiger partial charge in [0.2, 0.25) is 0 Å². The summed E-state index contributed by atoms with van der Waals surface area (Å²) in [7, 11) is 1.93. The molecule has 0 saturated carbocycles. The second-order valence-electron chi connectivity index (χ2n) is 8.44. The van der Waals surface area contributed by atoms with Gasteiger partial charge in [0, 0.05) is 24.7 Å². The van der Waals surface area contributed by atoms with Crippen molar-refractivity contribution in [1.82, 2.24) is 20.4 Å². The zero-order chi connectivity index (χ0) is 23.4. The number of aromatic nitrogens is 3. The van der Waals surface area contributed by atoms with Gasteiger partial charge in [0.05, 0.1) is 34.3 Å². The third-order valence-corrected chi connectivity index (χ3v) is 6.41. The molecule has 0 spiro atoms. The van der Waals surface area contributed by atoms with Crippen LogP contribution in [0.2, 0.25) is 5.02 Å². The predicted octanol–water partition coefficient (Wildman–Crippen LogP) is 5.26. The van der Waals surface area contributed by atoms with Crippen molar-refractivity contribution in [3.63, 3.8) is 0 Å². The molecule has 0 radical (unpaired) electrons. The fourth-order valence-corrected chi connectivity index (χ4v) is 4.49. The summed E-state index contributed by atoms with van der Waals surface area (Å²) in [4.78, 5) is 10.0. The third-order valence-electron chi connectivity index (χ3n) is 6.08. The first-order chi connectivity index (χ1) is 16.0. The highest BCUT2D eigenvalue weighted by molar-refractivity contribution is 6.33. The van der Waals surface area contributed by atoms with Gasteiger partial charge >= 0.3 is 0 Å². The quantitative estimate of drug-likeness (QED) is 0.449. The van der Waals surface area contributed by atoms with E-state index in [1.807, 2.05) is 39.1 Å². The van der Waals surface area contributed by atoms with Crippen LogP contribution in [-0.4, -0.2) is 48.5 Å². The lowest BCUT2D eigenvalue weighted by atomic mass is 9.91. The number of rotatable bonds is 8. The van der Waals surface area contributed by atoms with E-state index < -0.39 is 0 Å². The first kappa shape index (κ1) is 23.7. The molecule has 1 saturated heterocycles. The van der Waals surface area contributed by atoms with Crippen molar-refractivity contribution < 1.29 is 14.0 Å². The minimum absolute atomic E-state index is 0.305. The van der Waals surface area contributed by atoms with E-state index in [4.69, 9.17) is 35.6 Å². The van der Waals surface area contributed by atoms with Crippen molar-refractivity contribution in [2.24, 2.45) is 0 Å². The standard InChI is InChI=1S/C25H31ClN4O3/c1-15-23(18-8-12-31-13-9-18)28-25(29-24(15)22-16(2)30-33-17(22)3)20-14-19(6-7-21(20)26)32-11-5-10-27-4/h6-7,14,18,27H,5,8-13H2,1-4H3. The maximum Gasteiger partial charge on any atom is 0.161 e. The highest BCUT2D eigenvalue weighted by Crippen LogP contribution is 2.38. The summed E-state index contributed by atoms with van der Waals surface area (Å²) < 4.78 is 17.0. The van der Waals surface area contributed by atoms with E-state index in [9.17, 15) is 0 Å². The van der Waals surface area contributed by atoms with Gasteiger partial charge in [0.15, 0.2) is 5.82 Å². The lowest BCUT2D eigenvalue weighted by Crippen LogP contribution is -2.17. The zero-order valence-corrected chi connectivity index (χ0v) is 20.5. The summed E-state index contributed by atoms with van der Waals surface area (Å²) in [6.45, 7) is 8.93. The Morgan fingerprint density at radius 2 is 1.94 bits per heavy atom. The molecule has 0 aliphatic carbocycles. The van der Waals surface area contributed by atoms with Crippen LogP contribution in [-0.2, 0) is 4.74 Å². The molecule has 33 heavy (non-hydrogen) atoms. The Kier molecular flexibility index (Phi) is 7.63. The van der Waals surface area contributed by atoms with Crippen LogP contribution in [0.5, 0.6) is 5.75 Å². The molecule has 1 aromatic carbocycles. The second kappa shape index (κ2) is 10.6. The summed E-state index contributed by atoms with van der Waals surface area (Å²) in [5.74, 6) is 2.38. The molecular formula is C25H31ClN4O3. The molecule has 7 nitrogen and oxygen atoms in total. The average Bonchev–Trinajstić information content (AvgIpc) is 3.16. The average molecular weight is 471 g/mol. The Balaban J connectivity index is 1.80. The molecule has 1 N–H and O–H groups in total. The van der Waals surface area contributed by atoms with Gasteiger partial charge in [-0.15, -0.1) is 0 Å². The first-order valence-corrected chi connectivity index (χ1v) is 11.8. The molecule has 176 valence electrons. The number of hydrogen-bond donors (Lipinski definition) is 1. The zero-order valence-electron chi connectivity index (χ0n) is 19.7. The summed E-state index contributed by atoms with van der Waals surface area (Å²) in [5.41, 5.74) is 5.41. The molecule has 1 fully saturated rings. The van der Waals surface area contributed by atoms with E-state index in [2.05, 4.69) is 17.4 Å². The maximum absolute atomic E-state index is 6.64. The number of benzene rings is 1. The van der Waals surface area contributed by atoms with Gasteiger partial charge in [0.25, 0.3) is 0 Å². The van der Waals surface area contributed by atoms with Crippen LogP contribution in [0.4, 0.5) is 0 Å².